The van der Waals surface area contributed by atoms with E-state index in [4.69, 9.17) is 11.5 Å². The summed E-state index contributed by atoms with van der Waals surface area (Å²) in [6.07, 6.45) is 3.49. The molecule has 6 N–H and O–H groups in total. The van der Waals surface area contributed by atoms with E-state index in [1.165, 1.54) is 18.1 Å². The van der Waals surface area contributed by atoms with E-state index in [9.17, 15) is 9.90 Å². The van der Waals surface area contributed by atoms with E-state index >= 15 is 0 Å². The minimum atomic E-state index is -1.66. The summed E-state index contributed by atoms with van der Waals surface area (Å²) in [6, 6.07) is 0. The summed E-state index contributed by atoms with van der Waals surface area (Å²) < 4.78 is 0. The first-order chi connectivity index (χ1) is 8.99. The fourth-order valence-corrected chi connectivity index (χ4v) is 2.16. The van der Waals surface area contributed by atoms with E-state index in [-0.39, 0.29) is 18.1 Å². The van der Waals surface area contributed by atoms with Crippen LogP contribution in [0.15, 0.2) is 6.33 Å². The molecule has 2 aromatic heterocycles. The second-order valence-electron chi connectivity index (χ2n) is 4.05. The minimum Gasteiger partial charge on any atom is -0.480 e. The van der Waals surface area contributed by atoms with Gasteiger partial charge in [0.1, 0.15) is 5.52 Å². The number of aliphatic carboxylic acids is 1. The van der Waals surface area contributed by atoms with Crippen LogP contribution in [0.2, 0.25) is 0 Å². The van der Waals surface area contributed by atoms with E-state index in [0.717, 1.165) is 0 Å². The number of anilines is 1. The van der Waals surface area contributed by atoms with Gasteiger partial charge in [0.2, 0.25) is 0 Å². The zero-order valence-electron chi connectivity index (χ0n) is 10.3. The van der Waals surface area contributed by atoms with Gasteiger partial charge in [0.25, 0.3) is 0 Å². The summed E-state index contributed by atoms with van der Waals surface area (Å²) in [5, 5.41) is 9.34. The second kappa shape index (κ2) is 5.02. The van der Waals surface area contributed by atoms with E-state index < -0.39 is 11.5 Å². The van der Waals surface area contributed by atoms with Gasteiger partial charge in [-0.3, -0.25) is 0 Å². The Kier molecular flexibility index (Phi) is 3.58. The largest absolute Gasteiger partial charge is 0.480 e. The molecule has 0 radical (unpaired) electrons. The molecule has 9 heteroatoms. The number of nitrogens with two attached hydrogens (primary N) is 2. The average Bonchev–Trinajstić information content (AvgIpc) is 2.84. The quantitative estimate of drug-likeness (QED) is 0.596. The van der Waals surface area contributed by atoms with Crippen LogP contribution in [-0.4, -0.2) is 43.0 Å². The molecule has 0 fully saturated rings. The predicted molar refractivity (Wildman–Crippen MR) is 72.6 cm³/mol. The number of H-pyrrole nitrogens is 1. The zero-order valence-corrected chi connectivity index (χ0v) is 11.1. The van der Waals surface area contributed by atoms with Crippen molar-refractivity contribution in [2.24, 2.45) is 5.73 Å². The molecule has 19 heavy (non-hydrogen) atoms. The molecule has 0 aliphatic rings. The highest BCUT2D eigenvalue weighted by Gasteiger charge is 2.39. The summed E-state index contributed by atoms with van der Waals surface area (Å²) in [4.78, 5) is 26.3. The van der Waals surface area contributed by atoms with Gasteiger partial charge < -0.3 is 21.6 Å². The molecule has 0 aromatic carbocycles. The highest BCUT2D eigenvalue weighted by molar-refractivity contribution is 7.98. The van der Waals surface area contributed by atoms with Crippen molar-refractivity contribution >= 4 is 34.7 Å². The molecule has 1 unspecified atom stereocenters. The van der Waals surface area contributed by atoms with Gasteiger partial charge >= 0.3 is 5.97 Å². The number of nitrogens with one attached hydrogen (secondary N) is 1. The molecule has 0 saturated carbocycles. The third-order valence-electron chi connectivity index (χ3n) is 2.79. The molecule has 8 nitrogen and oxygen atoms in total. The number of carbonyl (C=O) groups is 1. The monoisotopic (exact) mass is 282 g/mol. The number of imidazole rings is 1. The number of thioether (sulfide) groups is 1. The third kappa shape index (κ3) is 2.34. The second-order valence-corrected chi connectivity index (χ2v) is 5.04. The van der Waals surface area contributed by atoms with Crippen LogP contribution >= 0.6 is 11.8 Å². The lowest BCUT2D eigenvalue weighted by Gasteiger charge is -2.22. The lowest BCUT2D eigenvalue weighted by Crippen LogP contribution is -2.47. The maximum atomic E-state index is 11.4. The normalized spacial score (nSPS) is 14.4. The summed E-state index contributed by atoms with van der Waals surface area (Å²) in [5.74, 6) is -0.496. The SMILES string of the molecule is CSCCC(N)(C(=O)O)c1nc(N)c2[nH]cnc2n1. The maximum Gasteiger partial charge on any atom is 0.331 e. The molecule has 0 amide bonds. The molecular formula is C10H14N6O2S. The number of nitrogens with zero attached hydrogens (tertiary/aromatic N) is 3. The van der Waals surface area contributed by atoms with Crippen LogP contribution in [0.25, 0.3) is 11.2 Å². The van der Waals surface area contributed by atoms with Gasteiger partial charge in [0.05, 0.1) is 6.33 Å². The van der Waals surface area contributed by atoms with Gasteiger partial charge in [-0.25, -0.2) is 19.7 Å². The number of carboxylic acid groups (broad SMARTS) is 1. The van der Waals surface area contributed by atoms with E-state index in [2.05, 4.69) is 19.9 Å². The van der Waals surface area contributed by atoms with E-state index in [1.54, 1.807) is 0 Å². The first-order valence-electron chi connectivity index (χ1n) is 5.47. The van der Waals surface area contributed by atoms with Gasteiger partial charge in [0, 0.05) is 0 Å². The number of nitrogen functional groups attached to an aromatic ring is 1. The highest BCUT2D eigenvalue weighted by Crippen LogP contribution is 2.24. The molecule has 2 aromatic rings. The van der Waals surface area contributed by atoms with Crippen molar-refractivity contribution in [2.45, 2.75) is 12.0 Å². The predicted octanol–water partition coefficient (Wildman–Crippen LogP) is -0.0732. The topological polar surface area (TPSA) is 144 Å². The molecule has 0 bridgehead atoms. The molecule has 0 aliphatic carbocycles. The number of fused-ring (bicyclic) bond motifs is 1. The average molecular weight is 282 g/mol. The molecule has 2 rings (SSSR count). The third-order valence-corrected chi connectivity index (χ3v) is 3.41. The van der Waals surface area contributed by atoms with Gasteiger partial charge in [-0.2, -0.15) is 11.8 Å². The van der Waals surface area contributed by atoms with E-state index in [0.29, 0.717) is 16.9 Å². The van der Waals surface area contributed by atoms with Gasteiger partial charge in [-0.1, -0.05) is 0 Å². The summed E-state index contributed by atoms with van der Waals surface area (Å²) in [5.41, 5.74) is 10.8. The lowest BCUT2D eigenvalue weighted by atomic mass is 9.96. The molecule has 1 atom stereocenters. The van der Waals surface area contributed by atoms with Crippen molar-refractivity contribution in [3.05, 3.63) is 12.2 Å². The van der Waals surface area contributed by atoms with Crippen LogP contribution < -0.4 is 11.5 Å². The number of hydrogen-bond acceptors (Lipinski definition) is 7. The Morgan fingerprint density at radius 3 is 2.95 bits per heavy atom. The van der Waals surface area contributed by atoms with Crippen LogP contribution in [0.1, 0.15) is 12.2 Å². The highest BCUT2D eigenvalue weighted by atomic mass is 32.2. The molecule has 2 heterocycles. The smallest absolute Gasteiger partial charge is 0.331 e. The molecular weight excluding hydrogens is 268 g/mol. The van der Waals surface area contributed by atoms with Crippen molar-refractivity contribution in [1.29, 1.82) is 0 Å². The summed E-state index contributed by atoms with van der Waals surface area (Å²) >= 11 is 1.50. The summed E-state index contributed by atoms with van der Waals surface area (Å²) in [6.45, 7) is 0. The van der Waals surface area contributed by atoms with Gasteiger partial charge in [-0.15, -0.1) is 0 Å². The number of aromatic amines is 1. The Morgan fingerprint density at radius 1 is 1.58 bits per heavy atom. The Morgan fingerprint density at radius 2 is 2.32 bits per heavy atom. The van der Waals surface area contributed by atoms with Gasteiger partial charge in [0.15, 0.2) is 22.8 Å². The van der Waals surface area contributed by atoms with Gasteiger partial charge in [-0.05, 0) is 18.4 Å². The van der Waals surface area contributed by atoms with Crippen molar-refractivity contribution in [3.63, 3.8) is 0 Å². The maximum absolute atomic E-state index is 11.4. The van der Waals surface area contributed by atoms with Crippen LogP contribution in [-0.2, 0) is 10.3 Å². The van der Waals surface area contributed by atoms with Crippen molar-refractivity contribution in [3.8, 4) is 0 Å². The fourth-order valence-electron chi connectivity index (χ4n) is 1.63. The molecule has 0 spiro atoms. The molecule has 0 aliphatic heterocycles. The van der Waals surface area contributed by atoms with Crippen LogP contribution in [0.5, 0.6) is 0 Å². The van der Waals surface area contributed by atoms with E-state index in [1.807, 2.05) is 6.26 Å². The van der Waals surface area contributed by atoms with Crippen molar-refractivity contribution in [1.82, 2.24) is 19.9 Å². The van der Waals surface area contributed by atoms with Crippen LogP contribution in [0.3, 0.4) is 0 Å². The summed E-state index contributed by atoms with van der Waals surface area (Å²) in [7, 11) is 0. The Balaban J connectivity index is 2.52. The first-order valence-corrected chi connectivity index (χ1v) is 6.86. The van der Waals surface area contributed by atoms with Crippen LogP contribution in [0, 0.1) is 0 Å². The number of carboxylic acids is 1. The Bertz CT molecular complexity index is 615. The van der Waals surface area contributed by atoms with Crippen molar-refractivity contribution in [2.75, 3.05) is 17.7 Å². The Hall–Kier alpha value is -1.87. The molecule has 102 valence electrons. The lowest BCUT2D eigenvalue weighted by molar-refractivity contribution is -0.144. The standard InChI is InChI=1S/C10H14N6O2S/c1-19-3-2-10(12,9(17)18)8-15-6(11)5-7(16-8)14-4-13-5/h4H,2-3,12H2,1H3,(H,17,18)(H3,11,13,14,15,16). The number of hydrogen-bond donors (Lipinski definition) is 4. The van der Waals surface area contributed by atoms with Crippen LogP contribution in [0.4, 0.5) is 5.82 Å². The van der Waals surface area contributed by atoms with Crippen molar-refractivity contribution < 1.29 is 9.90 Å². The zero-order chi connectivity index (χ0) is 14.0. The molecule has 0 saturated heterocycles. The number of rotatable bonds is 5. The number of aromatic nitrogens is 4. The Labute approximate surface area is 113 Å². The minimum absolute atomic E-state index is 0.0221. The fraction of sp³-hybridized carbons (Fsp3) is 0.400. The first kappa shape index (κ1) is 13.6.